The predicted octanol–water partition coefficient (Wildman–Crippen LogP) is 1.82. The molecule has 2 rings (SSSR count). The van der Waals surface area contributed by atoms with E-state index in [0.717, 1.165) is 11.4 Å². The standard InChI is InChI=1S/C21H27N3O2/c1-4-24(5-2)21(26)18-12-9-13-19(14-18)22-20(25)16-23(3)15-17-10-7-6-8-11-17/h6-14H,4-5,15-16H2,1-3H3,(H,22,25)/p+1. The molecule has 138 valence electrons. The molecule has 2 aromatic rings. The summed E-state index contributed by atoms with van der Waals surface area (Å²) in [7, 11) is 1.99. The fourth-order valence-corrected chi connectivity index (χ4v) is 2.91. The number of carbonyl (C=O) groups excluding carboxylic acids is 2. The lowest BCUT2D eigenvalue weighted by atomic mass is 10.1. The van der Waals surface area contributed by atoms with Crippen LogP contribution in [0.2, 0.25) is 0 Å². The van der Waals surface area contributed by atoms with Crippen LogP contribution in [0.25, 0.3) is 0 Å². The van der Waals surface area contributed by atoms with Crippen LogP contribution in [0.4, 0.5) is 5.69 Å². The van der Waals surface area contributed by atoms with Gasteiger partial charge in [0.2, 0.25) is 0 Å². The maximum Gasteiger partial charge on any atom is 0.279 e. The lowest BCUT2D eigenvalue weighted by Crippen LogP contribution is -3.08. The van der Waals surface area contributed by atoms with Crippen molar-refractivity contribution in [2.24, 2.45) is 0 Å². The van der Waals surface area contributed by atoms with E-state index in [1.54, 1.807) is 23.1 Å². The molecule has 0 saturated carbocycles. The third-order valence-electron chi connectivity index (χ3n) is 4.25. The molecule has 0 saturated heterocycles. The first kappa shape index (κ1) is 19.7. The highest BCUT2D eigenvalue weighted by Gasteiger charge is 2.14. The van der Waals surface area contributed by atoms with Gasteiger partial charge in [0.25, 0.3) is 11.8 Å². The van der Waals surface area contributed by atoms with Crippen LogP contribution in [-0.4, -0.2) is 43.4 Å². The molecule has 1 atom stereocenters. The molecule has 0 bridgehead atoms. The van der Waals surface area contributed by atoms with Gasteiger partial charge in [-0.3, -0.25) is 9.59 Å². The topological polar surface area (TPSA) is 53.9 Å². The Bertz CT molecular complexity index is 727. The van der Waals surface area contributed by atoms with Gasteiger partial charge in [-0.25, -0.2) is 0 Å². The summed E-state index contributed by atoms with van der Waals surface area (Å²) in [4.78, 5) is 27.6. The number of likely N-dealkylation sites (N-methyl/N-ethyl adjacent to an activating group) is 1. The molecule has 26 heavy (non-hydrogen) atoms. The first-order chi connectivity index (χ1) is 12.5. The summed E-state index contributed by atoms with van der Waals surface area (Å²) in [6, 6.07) is 17.2. The number of amides is 2. The molecule has 5 nitrogen and oxygen atoms in total. The average Bonchev–Trinajstić information content (AvgIpc) is 2.63. The molecule has 5 heteroatoms. The van der Waals surface area contributed by atoms with Crippen LogP contribution >= 0.6 is 0 Å². The van der Waals surface area contributed by atoms with Gasteiger partial charge in [-0.05, 0) is 32.0 Å². The van der Waals surface area contributed by atoms with E-state index < -0.39 is 0 Å². The average molecular weight is 354 g/mol. The van der Waals surface area contributed by atoms with Gasteiger partial charge in [0, 0.05) is 29.9 Å². The highest BCUT2D eigenvalue weighted by atomic mass is 16.2. The van der Waals surface area contributed by atoms with Gasteiger partial charge in [-0.15, -0.1) is 0 Å². The second-order valence-electron chi connectivity index (χ2n) is 6.40. The number of rotatable bonds is 8. The number of hydrogen-bond donors (Lipinski definition) is 2. The van der Waals surface area contributed by atoms with Gasteiger partial charge in [0.05, 0.1) is 7.05 Å². The maximum atomic E-state index is 12.4. The van der Waals surface area contributed by atoms with Crippen LogP contribution in [0.15, 0.2) is 54.6 Å². The van der Waals surface area contributed by atoms with Crippen molar-refractivity contribution in [1.82, 2.24) is 4.90 Å². The molecule has 2 aromatic carbocycles. The summed E-state index contributed by atoms with van der Waals surface area (Å²) in [6.45, 7) is 6.40. The van der Waals surface area contributed by atoms with E-state index in [2.05, 4.69) is 17.4 Å². The van der Waals surface area contributed by atoms with Crippen molar-refractivity contribution in [2.75, 3.05) is 32.0 Å². The zero-order chi connectivity index (χ0) is 18.9. The summed E-state index contributed by atoms with van der Waals surface area (Å²) >= 11 is 0. The van der Waals surface area contributed by atoms with E-state index in [4.69, 9.17) is 0 Å². The highest BCUT2D eigenvalue weighted by Crippen LogP contribution is 2.12. The van der Waals surface area contributed by atoms with E-state index >= 15 is 0 Å². The summed E-state index contributed by atoms with van der Waals surface area (Å²) in [6.07, 6.45) is 0. The third-order valence-corrected chi connectivity index (χ3v) is 4.25. The quantitative estimate of drug-likeness (QED) is 0.760. The van der Waals surface area contributed by atoms with Crippen molar-refractivity contribution in [1.29, 1.82) is 0 Å². The number of quaternary nitrogens is 1. The fourth-order valence-electron chi connectivity index (χ4n) is 2.91. The van der Waals surface area contributed by atoms with Crippen LogP contribution in [0.1, 0.15) is 29.8 Å². The molecule has 0 fully saturated rings. The monoisotopic (exact) mass is 354 g/mol. The molecule has 0 aliphatic rings. The largest absolute Gasteiger partial charge is 0.339 e. The number of hydrogen-bond acceptors (Lipinski definition) is 2. The zero-order valence-electron chi connectivity index (χ0n) is 15.8. The molecular weight excluding hydrogens is 326 g/mol. The summed E-state index contributed by atoms with van der Waals surface area (Å²) in [5, 5.41) is 2.90. The van der Waals surface area contributed by atoms with Crippen LogP contribution in [0.3, 0.4) is 0 Å². The normalized spacial score (nSPS) is 11.7. The smallest absolute Gasteiger partial charge is 0.279 e. The summed E-state index contributed by atoms with van der Waals surface area (Å²) in [5.74, 6) is -0.0798. The summed E-state index contributed by atoms with van der Waals surface area (Å²) in [5.41, 5.74) is 2.45. The van der Waals surface area contributed by atoms with E-state index in [-0.39, 0.29) is 11.8 Å². The van der Waals surface area contributed by atoms with Crippen LogP contribution < -0.4 is 10.2 Å². The van der Waals surface area contributed by atoms with Crippen molar-refractivity contribution < 1.29 is 14.5 Å². The molecule has 0 aliphatic heterocycles. The van der Waals surface area contributed by atoms with Crippen molar-refractivity contribution in [3.8, 4) is 0 Å². The van der Waals surface area contributed by atoms with Gasteiger partial charge < -0.3 is 15.1 Å². The van der Waals surface area contributed by atoms with Crippen LogP contribution in [0.5, 0.6) is 0 Å². The third kappa shape index (κ3) is 5.70. The Hall–Kier alpha value is -2.66. The van der Waals surface area contributed by atoms with Gasteiger partial charge in [-0.2, -0.15) is 0 Å². The van der Waals surface area contributed by atoms with Gasteiger partial charge in [0.15, 0.2) is 6.54 Å². The first-order valence-electron chi connectivity index (χ1n) is 9.07. The van der Waals surface area contributed by atoms with Crippen molar-refractivity contribution in [3.05, 3.63) is 65.7 Å². The molecular formula is C21H28N3O2+. The Kier molecular flexibility index (Phi) is 7.36. The minimum atomic E-state index is -0.0640. The van der Waals surface area contributed by atoms with Gasteiger partial charge >= 0.3 is 0 Å². The minimum Gasteiger partial charge on any atom is -0.339 e. The molecule has 2 N–H and O–H groups in total. The lowest BCUT2D eigenvalue weighted by molar-refractivity contribution is -0.885. The summed E-state index contributed by atoms with van der Waals surface area (Å²) < 4.78 is 0. The van der Waals surface area contributed by atoms with Crippen molar-refractivity contribution >= 4 is 17.5 Å². The second kappa shape index (κ2) is 9.73. The highest BCUT2D eigenvalue weighted by molar-refractivity contribution is 5.97. The minimum absolute atomic E-state index is 0.0158. The van der Waals surface area contributed by atoms with Crippen LogP contribution in [-0.2, 0) is 11.3 Å². The Morgan fingerprint density at radius 3 is 2.35 bits per heavy atom. The number of anilines is 1. The fraction of sp³-hybridized carbons (Fsp3) is 0.333. The number of benzene rings is 2. The number of nitrogens with one attached hydrogen (secondary N) is 2. The molecule has 0 spiro atoms. The predicted molar refractivity (Wildman–Crippen MR) is 104 cm³/mol. The Morgan fingerprint density at radius 2 is 1.69 bits per heavy atom. The SMILES string of the molecule is CCN(CC)C(=O)c1cccc(NC(=O)C[NH+](C)Cc2ccccc2)c1. The molecule has 1 unspecified atom stereocenters. The Labute approximate surface area is 155 Å². The number of nitrogens with zero attached hydrogens (tertiary/aromatic N) is 1. The molecule has 0 radical (unpaired) electrons. The van der Waals surface area contributed by atoms with Crippen molar-refractivity contribution in [2.45, 2.75) is 20.4 Å². The second-order valence-corrected chi connectivity index (χ2v) is 6.40. The maximum absolute atomic E-state index is 12.4. The van der Waals surface area contributed by atoms with E-state index in [9.17, 15) is 9.59 Å². The van der Waals surface area contributed by atoms with Gasteiger partial charge in [0.1, 0.15) is 6.54 Å². The van der Waals surface area contributed by atoms with E-state index in [1.165, 1.54) is 5.56 Å². The Morgan fingerprint density at radius 1 is 1.00 bits per heavy atom. The molecule has 2 amide bonds. The molecule has 0 heterocycles. The van der Waals surface area contributed by atoms with Crippen molar-refractivity contribution in [3.63, 3.8) is 0 Å². The van der Waals surface area contributed by atoms with E-state index in [1.807, 2.05) is 45.2 Å². The Balaban J connectivity index is 1.94. The van der Waals surface area contributed by atoms with Crippen LogP contribution in [0, 0.1) is 0 Å². The number of carbonyl (C=O) groups is 2. The first-order valence-corrected chi connectivity index (χ1v) is 9.07. The molecule has 0 aliphatic carbocycles. The molecule has 0 aromatic heterocycles. The van der Waals surface area contributed by atoms with Gasteiger partial charge in [-0.1, -0.05) is 36.4 Å². The lowest BCUT2D eigenvalue weighted by Gasteiger charge is -2.19. The zero-order valence-corrected chi connectivity index (χ0v) is 15.8. The van der Waals surface area contributed by atoms with E-state index in [0.29, 0.717) is 30.9 Å².